The second-order valence-electron chi connectivity index (χ2n) is 2.56. The molecule has 1 aromatic carbocycles. The Morgan fingerprint density at radius 3 is 2.64 bits per heavy atom. The number of carbonyl (C=O) groups is 1. The zero-order valence-corrected chi connectivity index (χ0v) is 7.00. The van der Waals surface area contributed by atoms with Crippen LogP contribution in [0.25, 0.3) is 6.08 Å². The molecule has 0 amide bonds. The van der Waals surface area contributed by atoms with Crippen molar-refractivity contribution in [1.29, 1.82) is 0 Å². The van der Waals surface area contributed by atoms with Crippen LogP contribution in [-0.4, -0.2) is 11.1 Å². The summed E-state index contributed by atoms with van der Waals surface area (Å²) in [5.41, 5.74) is 4.98. The van der Waals surface area contributed by atoms with Gasteiger partial charge in [-0.1, -0.05) is 0 Å². The Balaban J connectivity index is 3.14. The SMILES string of the molecule is Nc1c(F)cc(F)cc1/C=C/C(=O)O. The lowest BCUT2D eigenvalue weighted by atomic mass is 10.1. The first kappa shape index (κ1) is 10.2. The summed E-state index contributed by atoms with van der Waals surface area (Å²) < 4.78 is 25.5. The fraction of sp³-hybridized carbons (Fsp3) is 0. The minimum atomic E-state index is -1.21. The molecule has 3 N–H and O–H groups in total. The second kappa shape index (κ2) is 3.87. The van der Waals surface area contributed by atoms with Crippen molar-refractivity contribution < 1.29 is 18.7 Å². The van der Waals surface area contributed by atoms with Gasteiger partial charge in [0.2, 0.25) is 0 Å². The molecule has 0 atom stereocenters. The van der Waals surface area contributed by atoms with Gasteiger partial charge in [-0.15, -0.1) is 0 Å². The number of halogens is 2. The molecule has 0 saturated heterocycles. The van der Waals surface area contributed by atoms with Gasteiger partial charge in [-0.25, -0.2) is 13.6 Å². The number of benzene rings is 1. The fourth-order valence-corrected chi connectivity index (χ4v) is 0.904. The lowest BCUT2D eigenvalue weighted by Gasteiger charge is -2.01. The van der Waals surface area contributed by atoms with Crippen LogP contribution in [-0.2, 0) is 4.79 Å². The average Bonchev–Trinajstić information content (AvgIpc) is 2.08. The predicted octanol–water partition coefficient (Wildman–Crippen LogP) is 1.64. The summed E-state index contributed by atoms with van der Waals surface area (Å²) in [6.07, 6.45) is 1.79. The smallest absolute Gasteiger partial charge is 0.328 e. The monoisotopic (exact) mass is 199 g/mol. The van der Waals surface area contributed by atoms with Crippen LogP contribution in [0.2, 0.25) is 0 Å². The van der Waals surface area contributed by atoms with Crippen LogP contribution in [0.15, 0.2) is 18.2 Å². The van der Waals surface area contributed by atoms with Crippen LogP contribution in [0.3, 0.4) is 0 Å². The Bertz CT molecular complexity index is 402. The van der Waals surface area contributed by atoms with Crippen LogP contribution < -0.4 is 5.73 Å². The molecule has 0 aromatic heterocycles. The van der Waals surface area contributed by atoms with Gasteiger partial charge in [0.05, 0.1) is 5.69 Å². The predicted molar refractivity (Wildman–Crippen MR) is 47.4 cm³/mol. The highest BCUT2D eigenvalue weighted by Gasteiger charge is 2.05. The van der Waals surface area contributed by atoms with Crippen molar-refractivity contribution in [3.8, 4) is 0 Å². The van der Waals surface area contributed by atoms with E-state index in [1.165, 1.54) is 0 Å². The molecule has 0 heterocycles. The first-order chi connectivity index (χ1) is 6.50. The molecule has 0 fully saturated rings. The van der Waals surface area contributed by atoms with Crippen molar-refractivity contribution in [3.05, 3.63) is 35.4 Å². The molecule has 0 unspecified atom stereocenters. The van der Waals surface area contributed by atoms with Gasteiger partial charge in [0, 0.05) is 17.7 Å². The van der Waals surface area contributed by atoms with Gasteiger partial charge in [0.25, 0.3) is 0 Å². The van der Waals surface area contributed by atoms with Crippen molar-refractivity contribution in [2.45, 2.75) is 0 Å². The minimum absolute atomic E-state index is 0.00454. The van der Waals surface area contributed by atoms with E-state index in [-0.39, 0.29) is 11.3 Å². The third kappa shape index (κ3) is 2.29. The maximum absolute atomic E-state index is 12.8. The highest BCUT2D eigenvalue weighted by molar-refractivity contribution is 5.86. The van der Waals surface area contributed by atoms with Gasteiger partial charge in [0.15, 0.2) is 0 Å². The Labute approximate surface area is 78.5 Å². The number of rotatable bonds is 2. The number of hydrogen-bond donors (Lipinski definition) is 2. The highest BCUT2D eigenvalue weighted by Crippen LogP contribution is 2.19. The molecule has 0 spiro atoms. The number of anilines is 1. The standard InChI is InChI=1S/C9H7F2NO2/c10-6-3-5(1-2-8(13)14)9(12)7(11)4-6/h1-4H,12H2,(H,13,14)/b2-1+. The Morgan fingerprint density at radius 2 is 2.07 bits per heavy atom. The minimum Gasteiger partial charge on any atom is -0.478 e. The molecule has 1 rings (SSSR count). The van der Waals surface area contributed by atoms with E-state index in [1.807, 2.05) is 0 Å². The number of nitrogen functional groups attached to an aromatic ring is 1. The van der Waals surface area contributed by atoms with Crippen LogP contribution in [0, 0.1) is 11.6 Å². The van der Waals surface area contributed by atoms with E-state index < -0.39 is 17.6 Å². The van der Waals surface area contributed by atoms with Gasteiger partial charge in [-0.3, -0.25) is 0 Å². The average molecular weight is 199 g/mol. The van der Waals surface area contributed by atoms with Crippen molar-refractivity contribution in [2.24, 2.45) is 0 Å². The number of hydrogen-bond acceptors (Lipinski definition) is 2. The van der Waals surface area contributed by atoms with E-state index in [9.17, 15) is 13.6 Å². The molecule has 3 nitrogen and oxygen atoms in total. The summed E-state index contributed by atoms with van der Waals surface area (Å²) in [5.74, 6) is -2.93. The summed E-state index contributed by atoms with van der Waals surface area (Å²) in [7, 11) is 0. The summed E-state index contributed by atoms with van der Waals surface area (Å²) in [4.78, 5) is 10.1. The molecular weight excluding hydrogens is 192 g/mol. The quantitative estimate of drug-likeness (QED) is 0.562. The molecule has 74 valence electrons. The van der Waals surface area contributed by atoms with Gasteiger partial charge < -0.3 is 10.8 Å². The molecule has 0 radical (unpaired) electrons. The third-order valence-corrected chi connectivity index (χ3v) is 1.53. The van der Waals surface area contributed by atoms with Crippen LogP contribution in [0.5, 0.6) is 0 Å². The highest BCUT2D eigenvalue weighted by atomic mass is 19.1. The fourth-order valence-electron chi connectivity index (χ4n) is 0.904. The van der Waals surface area contributed by atoms with E-state index >= 15 is 0 Å². The van der Waals surface area contributed by atoms with E-state index in [1.54, 1.807) is 0 Å². The maximum atomic E-state index is 12.8. The summed E-state index contributed by atoms with van der Waals surface area (Å²) in [6.45, 7) is 0. The molecule has 0 aliphatic rings. The van der Waals surface area contributed by atoms with Crippen molar-refractivity contribution >= 4 is 17.7 Å². The molecule has 0 bridgehead atoms. The maximum Gasteiger partial charge on any atom is 0.328 e. The first-order valence-electron chi connectivity index (χ1n) is 3.66. The topological polar surface area (TPSA) is 63.3 Å². The van der Waals surface area contributed by atoms with E-state index in [0.29, 0.717) is 6.07 Å². The number of aliphatic carboxylic acids is 1. The number of carboxylic acid groups (broad SMARTS) is 1. The summed E-state index contributed by atoms with van der Waals surface area (Å²) in [5, 5.41) is 8.29. The lowest BCUT2D eigenvalue weighted by Crippen LogP contribution is -1.96. The normalized spacial score (nSPS) is 10.7. The van der Waals surface area contributed by atoms with Crippen LogP contribution in [0.4, 0.5) is 14.5 Å². The van der Waals surface area contributed by atoms with Crippen LogP contribution in [0.1, 0.15) is 5.56 Å². The molecule has 0 aliphatic carbocycles. The third-order valence-electron chi connectivity index (χ3n) is 1.53. The first-order valence-corrected chi connectivity index (χ1v) is 3.66. The number of nitrogens with two attached hydrogens (primary N) is 1. The van der Waals surface area contributed by atoms with E-state index in [0.717, 1.165) is 18.2 Å². The van der Waals surface area contributed by atoms with Crippen molar-refractivity contribution in [3.63, 3.8) is 0 Å². The second-order valence-corrected chi connectivity index (χ2v) is 2.56. The van der Waals surface area contributed by atoms with Crippen LogP contribution >= 0.6 is 0 Å². The van der Waals surface area contributed by atoms with Crippen molar-refractivity contribution in [1.82, 2.24) is 0 Å². The van der Waals surface area contributed by atoms with Gasteiger partial charge in [-0.05, 0) is 12.1 Å². The lowest BCUT2D eigenvalue weighted by molar-refractivity contribution is -0.131. The largest absolute Gasteiger partial charge is 0.478 e. The van der Waals surface area contributed by atoms with Gasteiger partial charge in [0.1, 0.15) is 11.6 Å². The van der Waals surface area contributed by atoms with Crippen molar-refractivity contribution in [2.75, 3.05) is 5.73 Å². The molecular formula is C9H7F2NO2. The Hall–Kier alpha value is -1.91. The molecule has 0 saturated carbocycles. The molecule has 14 heavy (non-hydrogen) atoms. The van der Waals surface area contributed by atoms with Gasteiger partial charge in [-0.2, -0.15) is 0 Å². The van der Waals surface area contributed by atoms with E-state index in [4.69, 9.17) is 10.8 Å². The molecule has 1 aromatic rings. The zero-order chi connectivity index (χ0) is 10.7. The summed E-state index contributed by atoms with van der Waals surface area (Å²) in [6, 6.07) is 1.59. The zero-order valence-electron chi connectivity index (χ0n) is 7.00. The summed E-state index contributed by atoms with van der Waals surface area (Å²) >= 11 is 0. The number of carboxylic acids is 1. The van der Waals surface area contributed by atoms with E-state index in [2.05, 4.69) is 0 Å². The molecule has 5 heteroatoms. The Kier molecular flexibility index (Phi) is 2.81. The molecule has 0 aliphatic heterocycles. The Morgan fingerprint density at radius 1 is 1.43 bits per heavy atom. The van der Waals surface area contributed by atoms with Gasteiger partial charge >= 0.3 is 5.97 Å².